The molecule has 17 atom stereocenters. The standard InChI is InChI=1S/C46H85NO18/c1-3-5-7-9-11-13-14-16-17-19-21-23-30(51)29(47-34(52)24-22-20-18-15-12-10-8-6-4-2)28-60-44-40(58)37(55)42(32(26-49)62-44)65-46-41(59)38(56)43(33(27-50)63-46)64-45-39(57)36(54)35(53)31(25-48)61-45/h21,23,29-33,35-46,48-51,53-59H,3-20,22,24-28H2,1-2H3,(H,47,52)/b23-21+. The van der Waals surface area contributed by atoms with Crippen molar-refractivity contribution < 1.29 is 89.4 Å². The summed E-state index contributed by atoms with van der Waals surface area (Å²) in [6.07, 6.45) is -1.86. The molecule has 0 spiro atoms. The summed E-state index contributed by atoms with van der Waals surface area (Å²) in [7, 11) is 0. The summed E-state index contributed by atoms with van der Waals surface area (Å²) in [6, 6.07) is -0.962. The van der Waals surface area contributed by atoms with E-state index in [2.05, 4.69) is 19.2 Å². The van der Waals surface area contributed by atoms with Gasteiger partial charge in [-0.15, -0.1) is 0 Å². The van der Waals surface area contributed by atoms with E-state index >= 15 is 0 Å². The van der Waals surface area contributed by atoms with Crippen LogP contribution in [0.15, 0.2) is 12.2 Å². The minimum absolute atomic E-state index is 0.246. The SMILES string of the molecule is CCCCCCCCCCC/C=C/C(O)C(COC1OC(CO)C(OC2OC(CO)C(OC3OC(CO)C(O)C(O)C3O)C(O)C2O)C(O)C1O)NC(=O)CCCCCCCCCCC. The summed E-state index contributed by atoms with van der Waals surface area (Å²) in [5, 5.41) is 119. The largest absolute Gasteiger partial charge is 0.394 e. The molecule has 3 aliphatic heterocycles. The van der Waals surface area contributed by atoms with Gasteiger partial charge in [0.2, 0.25) is 5.91 Å². The average molecular weight is 940 g/mol. The number of carbonyl (C=O) groups excluding carboxylic acids is 1. The van der Waals surface area contributed by atoms with Gasteiger partial charge in [-0.05, 0) is 19.3 Å². The van der Waals surface area contributed by atoms with Crippen molar-refractivity contribution in [2.75, 3.05) is 26.4 Å². The Balaban J connectivity index is 1.59. The van der Waals surface area contributed by atoms with E-state index in [4.69, 9.17) is 28.4 Å². The van der Waals surface area contributed by atoms with Crippen LogP contribution in [0, 0.1) is 0 Å². The fourth-order valence-corrected chi connectivity index (χ4v) is 8.42. The summed E-state index contributed by atoms with van der Waals surface area (Å²) in [6.45, 7) is 1.63. The molecule has 0 aromatic heterocycles. The molecule has 3 rings (SSSR count). The zero-order valence-electron chi connectivity index (χ0n) is 38.7. The van der Waals surface area contributed by atoms with Gasteiger partial charge < -0.3 is 89.9 Å². The van der Waals surface area contributed by atoms with Gasteiger partial charge in [-0.3, -0.25) is 4.79 Å². The van der Waals surface area contributed by atoms with Crippen molar-refractivity contribution in [3.63, 3.8) is 0 Å². The molecule has 3 fully saturated rings. The number of rotatable bonds is 33. The summed E-state index contributed by atoms with van der Waals surface area (Å²) in [5.74, 6) is -0.282. The van der Waals surface area contributed by atoms with Gasteiger partial charge in [0.05, 0.1) is 38.6 Å². The lowest BCUT2D eigenvalue weighted by Gasteiger charge is -2.48. The van der Waals surface area contributed by atoms with E-state index in [9.17, 15) is 61.0 Å². The molecule has 19 nitrogen and oxygen atoms in total. The van der Waals surface area contributed by atoms with Crippen LogP contribution >= 0.6 is 0 Å². The molecule has 0 aromatic carbocycles. The Morgan fingerprint density at radius 2 is 0.954 bits per heavy atom. The first-order valence-corrected chi connectivity index (χ1v) is 24.4. The number of amides is 1. The molecule has 3 aliphatic rings. The molecule has 12 N–H and O–H groups in total. The highest BCUT2D eigenvalue weighted by Crippen LogP contribution is 2.33. The van der Waals surface area contributed by atoms with Gasteiger partial charge in [0.15, 0.2) is 18.9 Å². The molecule has 65 heavy (non-hydrogen) atoms. The monoisotopic (exact) mass is 940 g/mol. The van der Waals surface area contributed by atoms with Gasteiger partial charge in [0, 0.05) is 6.42 Å². The predicted octanol–water partition coefficient (Wildman–Crippen LogP) is 0.695. The van der Waals surface area contributed by atoms with E-state index in [1.807, 2.05) is 6.08 Å². The van der Waals surface area contributed by atoms with Crippen molar-refractivity contribution in [2.24, 2.45) is 0 Å². The van der Waals surface area contributed by atoms with E-state index in [1.165, 1.54) is 70.6 Å². The zero-order valence-corrected chi connectivity index (χ0v) is 38.7. The lowest BCUT2D eigenvalue weighted by molar-refractivity contribution is -0.379. The first-order valence-electron chi connectivity index (χ1n) is 24.4. The van der Waals surface area contributed by atoms with Crippen molar-refractivity contribution in [2.45, 2.75) is 247 Å². The first kappa shape index (κ1) is 57.8. The van der Waals surface area contributed by atoms with Crippen LogP contribution in [0.1, 0.15) is 142 Å². The van der Waals surface area contributed by atoms with Gasteiger partial charge in [0.1, 0.15) is 73.2 Å². The van der Waals surface area contributed by atoms with Gasteiger partial charge >= 0.3 is 0 Å². The highest BCUT2D eigenvalue weighted by atomic mass is 16.8. The molecule has 3 saturated heterocycles. The summed E-state index contributed by atoms with van der Waals surface area (Å²) in [4.78, 5) is 13.1. The molecule has 0 aromatic rings. The van der Waals surface area contributed by atoms with Gasteiger partial charge in [-0.1, -0.05) is 129 Å². The molecule has 19 heteroatoms. The van der Waals surface area contributed by atoms with Crippen LogP contribution in [0.2, 0.25) is 0 Å². The highest BCUT2D eigenvalue weighted by molar-refractivity contribution is 5.76. The predicted molar refractivity (Wildman–Crippen MR) is 236 cm³/mol. The number of allylic oxidation sites excluding steroid dienone is 1. The normalized spacial score (nSPS) is 34.2. The van der Waals surface area contributed by atoms with E-state index in [-0.39, 0.29) is 18.9 Å². The second kappa shape index (κ2) is 32.4. The molecule has 1 amide bonds. The molecular weight excluding hydrogens is 854 g/mol. The molecule has 3 heterocycles. The molecular formula is C46H85NO18. The van der Waals surface area contributed by atoms with Crippen molar-refractivity contribution in [3.05, 3.63) is 12.2 Å². The minimum atomic E-state index is -1.97. The maximum atomic E-state index is 13.1. The zero-order chi connectivity index (χ0) is 47.7. The van der Waals surface area contributed by atoms with Gasteiger partial charge in [-0.25, -0.2) is 0 Å². The van der Waals surface area contributed by atoms with Crippen LogP contribution in [0.4, 0.5) is 0 Å². The fraction of sp³-hybridized carbons (Fsp3) is 0.935. The number of nitrogens with one attached hydrogen (secondary N) is 1. The third-order valence-corrected chi connectivity index (χ3v) is 12.6. The molecule has 0 radical (unpaired) electrons. The summed E-state index contributed by atoms with van der Waals surface area (Å²) < 4.78 is 34.0. The lowest BCUT2D eigenvalue weighted by Crippen LogP contribution is -2.66. The van der Waals surface area contributed by atoms with Crippen LogP contribution < -0.4 is 5.32 Å². The summed E-state index contributed by atoms with van der Waals surface area (Å²) in [5.41, 5.74) is 0. The van der Waals surface area contributed by atoms with Crippen LogP contribution in [-0.2, 0) is 33.2 Å². The smallest absolute Gasteiger partial charge is 0.220 e. The first-order chi connectivity index (χ1) is 31.3. The van der Waals surface area contributed by atoms with E-state index in [1.54, 1.807) is 6.08 Å². The Hall–Kier alpha value is -1.47. The van der Waals surface area contributed by atoms with Crippen molar-refractivity contribution >= 4 is 5.91 Å². The number of unbranched alkanes of at least 4 members (excludes halogenated alkanes) is 17. The number of carbonyl (C=O) groups is 1. The maximum absolute atomic E-state index is 13.1. The minimum Gasteiger partial charge on any atom is -0.394 e. The fourth-order valence-electron chi connectivity index (χ4n) is 8.42. The third kappa shape index (κ3) is 19.1. The topological polar surface area (TPSA) is 307 Å². The van der Waals surface area contributed by atoms with Crippen LogP contribution in [0.3, 0.4) is 0 Å². The van der Waals surface area contributed by atoms with Gasteiger partial charge in [-0.2, -0.15) is 0 Å². The Morgan fingerprint density at radius 1 is 0.538 bits per heavy atom. The Bertz CT molecular complexity index is 1260. The quantitative estimate of drug-likeness (QED) is 0.0318. The van der Waals surface area contributed by atoms with Gasteiger partial charge in [0.25, 0.3) is 0 Å². The number of ether oxygens (including phenoxy) is 6. The molecule has 0 bridgehead atoms. The van der Waals surface area contributed by atoms with Crippen LogP contribution in [0.5, 0.6) is 0 Å². The van der Waals surface area contributed by atoms with Crippen molar-refractivity contribution in [1.82, 2.24) is 5.32 Å². The number of aliphatic hydroxyl groups excluding tert-OH is 11. The number of hydrogen-bond donors (Lipinski definition) is 12. The van der Waals surface area contributed by atoms with E-state index < -0.39 is 124 Å². The molecule has 0 aliphatic carbocycles. The molecule has 0 saturated carbocycles. The van der Waals surface area contributed by atoms with E-state index in [0.717, 1.165) is 44.9 Å². The molecule has 17 unspecified atom stereocenters. The van der Waals surface area contributed by atoms with Crippen molar-refractivity contribution in [1.29, 1.82) is 0 Å². The Morgan fingerprint density at radius 3 is 1.45 bits per heavy atom. The maximum Gasteiger partial charge on any atom is 0.220 e. The van der Waals surface area contributed by atoms with Crippen molar-refractivity contribution in [3.8, 4) is 0 Å². The lowest BCUT2D eigenvalue weighted by atomic mass is 9.96. The Labute approximate surface area is 385 Å². The molecule has 382 valence electrons. The Kier molecular flexibility index (Phi) is 28.8. The summed E-state index contributed by atoms with van der Waals surface area (Å²) >= 11 is 0. The second-order valence-electron chi connectivity index (χ2n) is 17.9. The van der Waals surface area contributed by atoms with E-state index in [0.29, 0.717) is 6.42 Å². The highest BCUT2D eigenvalue weighted by Gasteiger charge is 2.53. The van der Waals surface area contributed by atoms with Crippen LogP contribution in [-0.4, -0.2) is 193 Å². The second-order valence-corrected chi connectivity index (χ2v) is 17.9. The number of hydrogen-bond acceptors (Lipinski definition) is 18. The van der Waals surface area contributed by atoms with Crippen LogP contribution in [0.25, 0.3) is 0 Å². The number of aliphatic hydroxyl groups is 11. The average Bonchev–Trinajstić information content (AvgIpc) is 3.30. The third-order valence-electron chi connectivity index (χ3n) is 12.6.